The first kappa shape index (κ1) is 23.1. The van der Waals surface area contributed by atoms with Gasteiger partial charge in [-0.1, -0.05) is 5.21 Å². The summed E-state index contributed by atoms with van der Waals surface area (Å²) >= 11 is 0. The molecule has 0 spiro atoms. The van der Waals surface area contributed by atoms with Gasteiger partial charge in [-0.05, 0) is 35.6 Å². The molecule has 34 heavy (non-hydrogen) atoms. The molecule has 0 unspecified atom stereocenters. The van der Waals surface area contributed by atoms with E-state index in [-0.39, 0.29) is 17.3 Å². The number of methoxy groups -OCH3 is 2. The van der Waals surface area contributed by atoms with Gasteiger partial charge in [-0.25, -0.2) is 10.1 Å². The second-order valence-electron chi connectivity index (χ2n) is 7.66. The third kappa shape index (κ3) is 4.97. The summed E-state index contributed by atoms with van der Waals surface area (Å²) in [5.41, 5.74) is 9.57. The molecule has 180 valence electrons. The third-order valence-corrected chi connectivity index (χ3v) is 5.45. The lowest BCUT2D eigenvalue weighted by molar-refractivity contribution is 0.0946. The van der Waals surface area contributed by atoms with Crippen LogP contribution in [0.1, 0.15) is 21.7 Å². The van der Waals surface area contributed by atoms with E-state index >= 15 is 0 Å². The second-order valence-corrected chi connectivity index (χ2v) is 7.66. The summed E-state index contributed by atoms with van der Waals surface area (Å²) in [6.45, 7) is 3.86. The third-order valence-electron chi connectivity index (χ3n) is 5.45. The molecule has 1 amide bonds. The summed E-state index contributed by atoms with van der Waals surface area (Å²) < 4.78 is 16.6. The van der Waals surface area contributed by atoms with Crippen molar-refractivity contribution in [2.45, 2.75) is 6.54 Å². The van der Waals surface area contributed by atoms with E-state index in [0.29, 0.717) is 29.3 Å². The fraction of sp³-hybridized carbons (Fsp3) is 0.400. The fourth-order valence-electron chi connectivity index (χ4n) is 3.50. The van der Waals surface area contributed by atoms with Gasteiger partial charge >= 0.3 is 0 Å². The van der Waals surface area contributed by atoms with E-state index in [9.17, 15) is 4.79 Å². The van der Waals surface area contributed by atoms with Crippen molar-refractivity contribution >= 4 is 17.9 Å². The van der Waals surface area contributed by atoms with E-state index in [1.807, 2.05) is 0 Å². The van der Waals surface area contributed by atoms with Crippen molar-refractivity contribution in [2.24, 2.45) is 5.10 Å². The molecule has 0 radical (unpaired) electrons. The van der Waals surface area contributed by atoms with Crippen LogP contribution in [0.5, 0.6) is 11.5 Å². The molecule has 2 aromatic heterocycles. The Morgan fingerprint density at radius 2 is 2.03 bits per heavy atom. The Morgan fingerprint density at radius 3 is 2.71 bits per heavy atom. The van der Waals surface area contributed by atoms with E-state index in [0.717, 1.165) is 26.2 Å². The Morgan fingerprint density at radius 1 is 1.24 bits per heavy atom. The molecule has 0 saturated carbocycles. The standard InChI is InChI=1S/C20H26N10O4/c1-28-6-8-29(9-7-28)12-15-17(23-27-30(15)19-18(21)25-34-26-19)20(31)24-22-11-13-10-14(32-2)4-5-16(13)33-3/h4-5,10-11H,6-9,12H2,1-3H3,(H2,21,25)(H,24,31). The molecule has 1 aliphatic rings. The molecule has 1 fully saturated rings. The number of hydrogen-bond donors (Lipinski definition) is 2. The van der Waals surface area contributed by atoms with E-state index < -0.39 is 5.91 Å². The lowest BCUT2D eigenvalue weighted by atomic mass is 10.2. The molecule has 0 atom stereocenters. The number of amides is 1. The van der Waals surface area contributed by atoms with Gasteiger partial charge in [0.05, 0.1) is 26.1 Å². The largest absolute Gasteiger partial charge is 0.497 e. The highest BCUT2D eigenvalue weighted by molar-refractivity contribution is 5.94. The van der Waals surface area contributed by atoms with Crippen LogP contribution in [0, 0.1) is 0 Å². The maximum absolute atomic E-state index is 13.0. The first-order valence-electron chi connectivity index (χ1n) is 10.5. The minimum atomic E-state index is -0.538. The van der Waals surface area contributed by atoms with Crippen LogP contribution in [0.2, 0.25) is 0 Å². The van der Waals surface area contributed by atoms with Gasteiger partial charge in [0.1, 0.15) is 11.5 Å². The number of hydrogen-bond acceptors (Lipinski definition) is 12. The molecule has 3 heterocycles. The average molecular weight is 470 g/mol. The molecule has 1 saturated heterocycles. The summed E-state index contributed by atoms with van der Waals surface area (Å²) in [7, 11) is 5.18. The molecule has 3 N–H and O–H groups in total. The van der Waals surface area contributed by atoms with Crippen molar-refractivity contribution in [1.82, 2.24) is 40.5 Å². The van der Waals surface area contributed by atoms with Crippen molar-refractivity contribution < 1.29 is 18.9 Å². The van der Waals surface area contributed by atoms with Crippen LogP contribution >= 0.6 is 0 Å². The Bertz CT molecular complexity index is 1170. The molecule has 0 aliphatic carbocycles. The van der Waals surface area contributed by atoms with Crippen LogP contribution in [0.4, 0.5) is 5.82 Å². The van der Waals surface area contributed by atoms with Crippen LogP contribution in [0.15, 0.2) is 27.9 Å². The number of aromatic nitrogens is 5. The van der Waals surface area contributed by atoms with Crippen molar-refractivity contribution in [1.29, 1.82) is 0 Å². The molecule has 0 bridgehead atoms. The summed E-state index contributed by atoms with van der Waals surface area (Å²) in [6.07, 6.45) is 1.46. The normalized spacial score (nSPS) is 15.0. The molecular formula is C20H26N10O4. The van der Waals surface area contributed by atoms with Crippen LogP contribution in [0.25, 0.3) is 5.82 Å². The summed E-state index contributed by atoms with van der Waals surface area (Å²) in [5.74, 6) is 0.878. The number of carbonyl (C=O) groups is 1. The highest BCUT2D eigenvalue weighted by Crippen LogP contribution is 2.22. The Labute approximate surface area is 195 Å². The van der Waals surface area contributed by atoms with Crippen LogP contribution in [-0.2, 0) is 6.54 Å². The maximum Gasteiger partial charge on any atom is 0.293 e. The van der Waals surface area contributed by atoms with Gasteiger partial charge in [-0.15, -0.1) is 5.10 Å². The molecule has 3 aromatic rings. The van der Waals surface area contributed by atoms with E-state index in [4.69, 9.17) is 19.8 Å². The Hall–Kier alpha value is -4.04. The molecule has 1 aliphatic heterocycles. The number of hydrazone groups is 1. The lowest BCUT2D eigenvalue weighted by Gasteiger charge is -2.32. The number of nitrogen functional groups attached to an aromatic ring is 1. The quantitative estimate of drug-likeness (QED) is 0.330. The molecule has 4 rings (SSSR count). The number of ether oxygens (including phenoxy) is 2. The number of carbonyl (C=O) groups excluding carboxylic acids is 1. The van der Waals surface area contributed by atoms with Crippen LogP contribution in [0.3, 0.4) is 0 Å². The van der Waals surface area contributed by atoms with Gasteiger partial charge in [0, 0.05) is 38.3 Å². The van der Waals surface area contributed by atoms with Gasteiger partial charge in [-0.2, -0.15) is 9.78 Å². The summed E-state index contributed by atoms with van der Waals surface area (Å²) in [6, 6.07) is 5.25. The first-order chi connectivity index (χ1) is 16.5. The predicted octanol–water partition coefficient (Wildman–Crippen LogP) is -0.239. The average Bonchev–Trinajstić information content (AvgIpc) is 3.45. The number of nitrogens with zero attached hydrogens (tertiary/aromatic N) is 8. The van der Waals surface area contributed by atoms with Crippen LogP contribution in [-0.4, -0.2) is 94.7 Å². The topological polar surface area (TPSA) is 162 Å². The number of piperazine rings is 1. The number of nitrogens with two attached hydrogens (primary N) is 1. The zero-order valence-corrected chi connectivity index (χ0v) is 19.1. The molecule has 1 aromatic carbocycles. The van der Waals surface area contributed by atoms with Crippen molar-refractivity contribution in [3.63, 3.8) is 0 Å². The maximum atomic E-state index is 13.0. The minimum Gasteiger partial charge on any atom is -0.497 e. The predicted molar refractivity (Wildman–Crippen MR) is 121 cm³/mol. The summed E-state index contributed by atoms with van der Waals surface area (Å²) in [5, 5.41) is 19.6. The molecule has 14 heteroatoms. The Balaban J connectivity index is 1.57. The molecular weight excluding hydrogens is 444 g/mol. The van der Waals surface area contributed by atoms with Crippen molar-refractivity contribution in [3.05, 3.63) is 35.2 Å². The highest BCUT2D eigenvalue weighted by Gasteiger charge is 2.26. The number of likely N-dealkylation sites (N-methyl/N-ethyl adjacent to an activating group) is 1. The SMILES string of the molecule is COc1ccc(OC)c(C=NNC(=O)c2nnn(-c3nonc3N)c2CN2CCN(C)CC2)c1. The van der Waals surface area contributed by atoms with Crippen molar-refractivity contribution in [2.75, 3.05) is 53.2 Å². The van der Waals surface area contributed by atoms with Gasteiger partial charge in [-0.3, -0.25) is 9.69 Å². The minimum absolute atomic E-state index is 0.0413. The van der Waals surface area contributed by atoms with Gasteiger partial charge in [0.15, 0.2) is 5.69 Å². The van der Waals surface area contributed by atoms with E-state index in [1.54, 1.807) is 32.4 Å². The fourth-order valence-corrected chi connectivity index (χ4v) is 3.50. The monoisotopic (exact) mass is 470 g/mol. The number of nitrogens with one attached hydrogen (secondary N) is 1. The smallest absolute Gasteiger partial charge is 0.293 e. The summed E-state index contributed by atoms with van der Waals surface area (Å²) in [4.78, 5) is 17.4. The molecule has 14 nitrogen and oxygen atoms in total. The van der Waals surface area contributed by atoms with Gasteiger partial charge in [0.25, 0.3) is 5.91 Å². The second kappa shape index (κ2) is 10.3. The zero-order valence-electron chi connectivity index (χ0n) is 19.1. The number of anilines is 1. The first-order valence-corrected chi connectivity index (χ1v) is 10.5. The van der Waals surface area contributed by atoms with Crippen molar-refractivity contribution in [3.8, 4) is 17.3 Å². The van der Waals surface area contributed by atoms with E-state index in [2.05, 4.69) is 48.0 Å². The number of benzene rings is 1. The van der Waals surface area contributed by atoms with Gasteiger partial charge in [0.2, 0.25) is 11.6 Å². The van der Waals surface area contributed by atoms with E-state index in [1.165, 1.54) is 10.9 Å². The number of rotatable bonds is 8. The van der Waals surface area contributed by atoms with Gasteiger partial charge < -0.3 is 20.1 Å². The zero-order chi connectivity index (χ0) is 24.1. The highest BCUT2D eigenvalue weighted by atomic mass is 16.6. The lowest BCUT2D eigenvalue weighted by Crippen LogP contribution is -2.44. The Kier molecular flexibility index (Phi) is 6.98. The van der Waals surface area contributed by atoms with Crippen LogP contribution < -0.4 is 20.6 Å².